The molecule has 1 aliphatic rings. The fourth-order valence-electron chi connectivity index (χ4n) is 1.81. The van der Waals surface area contributed by atoms with Crippen LogP contribution in [0.25, 0.3) is 0 Å². The molecule has 1 aromatic carbocycles. The average Bonchev–Trinajstić information content (AvgIpc) is 2.14. The first-order valence-corrected chi connectivity index (χ1v) is 5.89. The average molecular weight is 208 g/mol. The summed E-state index contributed by atoms with van der Waals surface area (Å²) in [5, 5.41) is 0. The maximum absolute atomic E-state index is 11.9. The van der Waals surface area contributed by atoms with Crippen LogP contribution in [0, 0.1) is 17.7 Å². The van der Waals surface area contributed by atoms with Crippen LogP contribution in [0.2, 0.25) is 0 Å². The van der Waals surface area contributed by atoms with Crippen LogP contribution in [-0.2, 0) is 0 Å². The van der Waals surface area contributed by atoms with Crippen LogP contribution in [0.3, 0.4) is 0 Å². The van der Waals surface area contributed by atoms with Gasteiger partial charge in [0, 0.05) is 0 Å². The molecule has 0 aliphatic heterocycles. The molecule has 0 radical (unpaired) electrons. The third-order valence-corrected chi connectivity index (χ3v) is 2.76. The summed E-state index contributed by atoms with van der Waals surface area (Å²) in [5.41, 5.74) is 0. The molecule has 1 aliphatic carbocycles. The lowest BCUT2D eigenvalue weighted by molar-refractivity contribution is 0.264. The van der Waals surface area contributed by atoms with Crippen LogP contribution in [0.1, 0.15) is 39.5 Å². The number of benzene rings is 1. The number of hydrogen-bond donors (Lipinski definition) is 0. The minimum absolute atomic E-state index is 0.178. The lowest BCUT2D eigenvalue weighted by Crippen LogP contribution is -2.12. The molecule has 0 aromatic heterocycles. The Balaban J connectivity index is 0.000000151. The van der Waals surface area contributed by atoms with Gasteiger partial charge in [0.25, 0.3) is 0 Å². The van der Waals surface area contributed by atoms with Gasteiger partial charge in [0.05, 0.1) is 0 Å². The fourth-order valence-corrected chi connectivity index (χ4v) is 1.81. The Bertz CT molecular complexity index is 249. The Morgan fingerprint density at radius 2 is 1.80 bits per heavy atom. The zero-order valence-corrected chi connectivity index (χ0v) is 9.75. The van der Waals surface area contributed by atoms with E-state index in [0.717, 1.165) is 11.8 Å². The number of rotatable bonds is 2. The van der Waals surface area contributed by atoms with Gasteiger partial charge in [-0.05, 0) is 30.4 Å². The zero-order valence-electron chi connectivity index (χ0n) is 9.75. The number of halogens is 1. The van der Waals surface area contributed by atoms with E-state index in [-0.39, 0.29) is 5.82 Å². The highest BCUT2D eigenvalue weighted by molar-refractivity contribution is 5.02. The van der Waals surface area contributed by atoms with E-state index in [2.05, 4.69) is 13.8 Å². The van der Waals surface area contributed by atoms with Crippen LogP contribution < -0.4 is 0 Å². The molecule has 0 bridgehead atoms. The third-order valence-electron chi connectivity index (χ3n) is 2.76. The molecule has 1 saturated carbocycles. The maximum Gasteiger partial charge on any atom is 0.123 e. The van der Waals surface area contributed by atoms with E-state index < -0.39 is 0 Å². The second-order valence-electron chi connectivity index (χ2n) is 4.72. The minimum atomic E-state index is -0.178. The third kappa shape index (κ3) is 5.56. The van der Waals surface area contributed by atoms with Crippen molar-refractivity contribution in [3.05, 3.63) is 36.1 Å². The van der Waals surface area contributed by atoms with Crippen LogP contribution in [0.5, 0.6) is 0 Å². The van der Waals surface area contributed by atoms with Crippen molar-refractivity contribution in [1.29, 1.82) is 0 Å². The molecule has 0 amide bonds. The summed E-state index contributed by atoms with van der Waals surface area (Å²) in [6.07, 6.45) is 5.99. The van der Waals surface area contributed by atoms with E-state index in [4.69, 9.17) is 0 Å². The van der Waals surface area contributed by atoms with Gasteiger partial charge in [-0.2, -0.15) is 0 Å². The quantitative estimate of drug-likeness (QED) is 0.663. The topological polar surface area (TPSA) is 0 Å². The van der Waals surface area contributed by atoms with Gasteiger partial charge in [-0.3, -0.25) is 0 Å². The molecular weight excluding hydrogens is 187 g/mol. The summed E-state index contributed by atoms with van der Waals surface area (Å²) in [4.78, 5) is 0. The van der Waals surface area contributed by atoms with E-state index in [1.807, 2.05) is 0 Å². The molecule has 0 atom stereocenters. The van der Waals surface area contributed by atoms with Crippen molar-refractivity contribution < 1.29 is 4.39 Å². The van der Waals surface area contributed by atoms with E-state index in [1.54, 1.807) is 18.2 Å². The molecular formula is C14H21F. The predicted octanol–water partition coefficient (Wildman–Crippen LogP) is 4.66. The molecule has 84 valence electrons. The van der Waals surface area contributed by atoms with Crippen molar-refractivity contribution in [2.45, 2.75) is 39.5 Å². The van der Waals surface area contributed by atoms with Crippen molar-refractivity contribution in [2.75, 3.05) is 0 Å². The first-order valence-electron chi connectivity index (χ1n) is 5.89. The van der Waals surface area contributed by atoms with E-state index in [9.17, 15) is 4.39 Å². The molecule has 1 aromatic rings. The summed E-state index contributed by atoms with van der Waals surface area (Å²) >= 11 is 0. The fraction of sp³-hybridized carbons (Fsp3) is 0.571. The summed E-state index contributed by atoms with van der Waals surface area (Å²) in [5.74, 6) is 1.86. The first kappa shape index (κ1) is 12.2. The second kappa shape index (κ2) is 6.60. The van der Waals surface area contributed by atoms with E-state index in [0.29, 0.717) is 0 Å². The summed E-state index contributed by atoms with van der Waals surface area (Å²) in [6.45, 7) is 4.64. The molecule has 0 heterocycles. The normalized spacial score (nSPS) is 15.5. The molecule has 2 rings (SSSR count). The molecule has 1 heteroatoms. The lowest BCUT2D eigenvalue weighted by Gasteiger charge is -2.26. The van der Waals surface area contributed by atoms with Crippen LogP contribution in [0.4, 0.5) is 4.39 Å². The molecule has 0 spiro atoms. The van der Waals surface area contributed by atoms with E-state index in [1.165, 1.54) is 37.8 Å². The Labute approximate surface area is 92.5 Å². The first-order chi connectivity index (χ1) is 7.18. The van der Waals surface area contributed by atoms with Crippen molar-refractivity contribution in [3.63, 3.8) is 0 Å². The highest BCUT2D eigenvalue weighted by Crippen LogP contribution is 2.31. The van der Waals surface area contributed by atoms with Crippen molar-refractivity contribution in [2.24, 2.45) is 11.8 Å². The van der Waals surface area contributed by atoms with Gasteiger partial charge < -0.3 is 0 Å². The SMILES string of the molecule is CC(C)CC1CCC1.Fc1ccccc1. The van der Waals surface area contributed by atoms with Gasteiger partial charge in [0.15, 0.2) is 0 Å². The molecule has 0 unspecified atom stereocenters. The second-order valence-corrected chi connectivity index (χ2v) is 4.72. The van der Waals surface area contributed by atoms with E-state index >= 15 is 0 Å². The Kier molecular flexibility index (Phi) is 5.38. The summed E-state index contributed by atoms with van der Waals surface area (Å²) < 4.78 is 11.9. The van der Waals surface area contributed by atoms with Gasteiger partial charge in [0.2, 0.25) is 0 Å². The number of hydrogen-bond acceptors (Lipinski definition) is 0. The lowest BCUT2D eigenvalue weighted by atomic mass is 9.80. The van der Waals surface area contributed by atoms with Gasteiger partial charge >= 0.3 is 0 Å². The van der Waals surface area contributed by atoms with Crippen molar-refractivity contribution >= 4 is 0 Å². The summed E-state index contributed by atoms with van der Waals surface area (Å²) in [7, 11) is 0. The highest BCUT2D eigenvalue weighted by atomic mass is 19.1. The predicted molar refractivity (Wildman–Crippen MR) is 63.2 cm³/mol. The molecule has 0 saturated heterocycles. The molecule has 15 heavy (non-hydrogen) atoms. The van der Waals surface area contributed by atoms with Gasteiger partial charge in [-0.1, -0.05) is 51.3 Å². The smallest absolute Gasteiger partial charge is 0.123 e. The van der Waals surface area contributed by atoms with Crippen LogP contribution in [-0.4, -0.2) is 0 Å². The Morgan fingerprint density at radius 1 is 1.20 bits per heavy atom. The van der Waals surface area contributed by atoms with Crippen molar-refractivity contribution in [3.8, 4) is 0 Å². The Morgan fingerprint density at radius 3 is 2.00 bits per heavy atom. The highest BCUT2D eigenvalue weighted by Gasteiger charge is 2.17. The monoisotopic (exact) mass is 208 g/mol. The largest absolute Gasteiger partial charge is 0.207 e. The molecule has 1 fully saturated rings. The molecule has 0 N–H and O–H groups in total. The minimum Gasteiger partial charge on any atom is -0.207 e. The van der Waals surface area contributed by atoms with Gasteiger partial charge in [0.1, 0.15) is 5.82 Å². The standard InChI is InChI=1S/C8H16.C6H5F/c1-7(2)6-8-4-3-5-8;7-6-4-2-1-3-5-6/h7-8H,3-6H2,1-2H3;1-5H. The Hall–Kier alpha value is -0.850. The molecule has 0 nitrogen and oxygen atoms in total. The van der Waals surface area contributed by atoms with Crippen LogP contribution in [0.15, 0.2) is 30.3 Å². The van der Waals surface area contributed by atoms with Crippen LogP contribution >= 0.6 is 0 Å². The van der Waals surface area contributed by atoms with Crippen molar-refractivity contribution in [1.82, 2.24) is 0 Å². The maximum atomic E-state index is 11.9. The zero-order chi connectivity index (χ0) is 11.1. The van der Waals surface area contributed by atoms with Gasteiger partial charge in [-0.25, -0.2) is 4.39 Å². The summed E-state index contributed by atoms with van der Waals surface area (Å²) in [6, 6.07) is 7.94. The van der Waals surface area contributed by atoms with Gasteiger partial charge in [-0.15, -0.1) is 0 Å².